The molecule has 1 aliphatic heterocycles. The summed E-state index contributed by atoms with van der Waals surface area (Å²) in [7, 11) is 3.01. The van der Waals surface area contributed by atoms with Crippen LogP contribution in [0.5, 0.6) is 0 Å². The zero-order chi connectivity index (χ0) is 32.8. The Bertz CT molecular complexity index is 1850. The number of halogens is 5. The second-order valence-corrected chi connectivity index (χ2v) is 11.1. The number of aryl methyl sites for hydroxylation is 1. The zero-order valence-electron chi connectivity index (χ0n) is 24.5. The lowest BCUT2D eigenvalue weighted by Gasteiger charge is -2.35. The lowest BCUT2D eigenvalue weighted by atomic mass is 9.98. The third kappa shape index (κ3) is 6.14. The second-order valence-electron chi connectivity index (χ2n) is 10.7. The molecule has 236 valence electrons. The van der Waals surface area contributed by atoms with Gasteiger partial charge in [-0.15, -0.1) is 0 Å². The minimum atomic E-state index is -4.76. The molecule has 2 aromatic heterocycles. The van der Waals surface area contributed by atoms with Gasteiger partial charge in [0.25, 0.3) is 17.4 Å². The molecule has 0 fully saturated rings. The van der Waals surface area contributed by atoms with Crippen molar-refractivity contribution in [2.24, 2.45) is 7.05 Å². The molecule has 0 radical (unpaired) electrons. The normalized spacial score (nSPS) is 15.4. The molecule has 0 spiro atoms. The molecule has 1 aliphatic rings. The van der Waals surface area contributed by atoms with Crippen LogP contribution in [0.15, 0.2) is 53.3 Å². The third-order valence-corrected chi connectivity index (χ3v) is 7.98. The summed E-state index contributed by atoms with van der Waals surface area (Å²) in [5, 5.41) is 9.36. The summed E-state index contributed by atoms with van der Waals surface area (Å²) in [5.41, 5.74) is -0.547. The van der Waals surface area contributed by atoms with Gasteiger partial charge in [-0.1, -0.05) is 23.7 Å². The molecule has 0 saturated heterocycles. The molecule has 3 heterocycles. The average molecular weight is 646 g/mol. The number of benzene rings is 2. The Morgan fingerprint density at radius 2 is 1.80 bits per heavy atom. The SMILES string of the molecule is CNC(=O)c1cc(-n2c(N[C@@H](C)c3ccc(F)cc3)nc3c(c2=O)C[C@@H](C)N(C(=O)c2ccc(Cl)c(C(F)(F)F)c2)C3)n(C)n1. The fraction of sp³-hybridized carbons (Fsp3) is 0.300. The van der Waals surface area contributed by atoms with E-state index in [1.54, 1.807) is 33.0 Å². The molecule has 45 heavy (non-hydrogen) atoms. The standard InChI is InChI=1S/C30H28ClF4N7O3/c1-15-11-20-24(14-41(15)27(44)18-7-10-22(31)21(12-18)30(33,34)35)38-29(37-16(2)17-5-8-19(32)9-6-17)42(28(20)45)25-13-23(26(43)36-3)39-40(25)4/h5-10,12-13,15-16H,11,14H2,1-4H3,(H,36,43)(H,37,38)/t15-,16+/m1/s1. The number of hydrogen-bond donors (Lipinski definition) is 2. The highest BCUT2D eigenvalue weighted by Gasteiger charge is 2.36. The van der Waals surface area contributed by atoms with Gasteiger partial charge in [0.2, 0.25) is 5.95 Å². The van der Waals surface area contributed by atoms with E-state index in [4.69, 9.17) is 16.6 Å². The summed E-state index contributed by atoms with van der Waals surface area (Å²) in [4.78, 5) is 46.0. The van der Waals surface area contributed by atoms with Crippen LogP contribution in [0.3, 0.4) is 0 Å². The minimum absolute atomic E-state index is 0.0508. The van der Waals surface area contributed by atoms with Gasteiger partial charge in [-0.25, -0.2) is 13.9 Å². The van der Waals surface area contributed by atoms with Crippen molar-refractivity contribution in [3.63, 3.8) is 0 Å². The number of nitrogens with zero attached hydrogens (tertiary/aromatic N) is 5. The third-order valence-electron chi connectivity index (χ3n) is 7.65. The average Bonchev–Trinajstić information content (AvgIpc) is 3.37. The van der Waals surface area contributed by atoms with Gasteiger partial charge in [0.15, 0.2) is 5.69 Å². The Balaban J connectivity index is 1.59. The number of carbonyl (C=O) groups excluding carboxylic acids is 2. The maximum Gasteiger partial charge on any atom is 0.417 e. The van der Waals surface area contributed by atoms with Crippen molar-refractivity contribution in [3.05, 3.63) is 103 Å². The Kier molecular flexibility index (Phi) is 8.45. The van der Waals surface area contributed by atoms with Crippen LogP contribution < -0.4 is 16.2 Å². The smallest absolute Gasteiger partial charge is 0.354 e. The van der Waals surface area contributed by atoms with E-state index in [9.17, 15) is 31.9 Å². The second kappa shape index (κ2) is 12.0. The van der Waals surface area contributed by atoms with Crippen LogP contribution in [-0.4, -0.2) is 49.1 Å². The zero-order valence-corrected chi connectivity index (χ0v) is 25.3. The van der Waals surface area contributed by atoms with E-state index in [1.165, 1.54) is 45.5 Å². The van der Waals surface area contributed by atoms with Crippen LogP contribution in [0.25, 0.3) is 5.82 Å². The molecule has 10 nitrogen and oxygen atoms in total. The molecule has 2 atom stereocenters. The van der Waals surface area contributed by atoms with Crippen molar-refractivity contribution in [1.29, 1.82) is 0 Å². The molecule has 0 aliphatic carbocycles. The van der Waals surface area contributed by atoms with E-state index in [-0.39, 0.29) is 41.7 Å². The number of hydrogen-bond acceptors (Lipinski definition) is 6. The lowest BCUT2D eigenvalue weighted by Crippen LogP contribution is -2.46. The summed E-state index contributed by atoms with van der Waals surface area (Å²) < 4.78 is 56.7. The van der Waals surface area contributed by atoms with Crippen molar-refractivity contribution in [2.75, 3.05) is 12.4 Å². The molecular weight excluding hydrogens is 618 g/mol. The Morgan fingerprint density at radius 1 is 1.11 bits per heavy atom. The Labute approximate surface area is 259 Å². The summed E-state index contributed by atoms with van der Waals surface area (Å²) in [6.45, 7) is 3.30. The van der Waals surface area contributed by atoms with Gasteiger partial charge in [-0.05, 0) is 56.2 Å². The topological polar surface area (TPSA) is 114 Å². The van der Waals surface area contributed by atoms with E-state index in [2.05, 4.69) is 15.7 Å². The Hall–Kier alpha value is -4.72. The molecule has 15 heteroatoms. The molecule has 0 bridgehead atoms. The predicted octanol–water partition coefficient (Wildman–Crippen LogP) is 4.90. The molecule has 0 unspecified atom stereocenters. The van der Waals surface area contributed by atoms with Gasteiger partial charge < -0.3 is 15.5 Å². The summed E-state index contributed by atoms with van der Waals surface area (Å²) in [6, 6.07) is 9.06. The fourth-order valence-corrected chi connectivity index (χ4v) is 5.44. The molecule has 5 rings (SSSR count). The first-order valence-electron chi connectivity index (χ1n) is 13.8. The first-order valence-corrected chi connectivity index (χ1v) is 14.2. The molecule has 2 aromatic carbocycles. The number of nitrogens with one attached hydrogen (secondary N) is 2. The highest BCUT2D eigenvalue weighted by atomic mass is 35.5. The number of amides is 2. The first kappa shape index (κ1) is 31.7. The largest absolute Gasteiger partial charge is 0.417 e. The fourth-order valence-electron chi connectivity index (χ4n) is 5.22. The number of rotatable bonds is 6. The van der Waals surface area contributed by atoms with E-state index in [0.717, 1.165) is 6.07 Å². The van der Waals surface area contributed by atoms with Crippen LogP contribution in [0.1, 0.15) is 63.1 Å². The monoisotopic (exact) mass is 645 g/mol. The van der Waals surface area contributed by atoms with Gasteiger partial charge in [-0.2, -0.15) is 18.3 Å². The maximum absolute atomic E-state index is 14.1. The molecular formula is C30H28ClF4N7O3. The summed E-state index contributed by atoms with van der Waals surface area (Å²) in [5.74, 6) is -1.29. The van der Waals surface area contributed by atoms with Gasteiger partial charge in [0.1, 0.15) is 11.6 Å². The predicted molar refractivity (Wildman–Crippen MR) is 158 cm³/mol. The number of aromatic nitrogens is 4. The molecule has 0 saturated carbocycles. The van der Waals surface area contributed by atoms with E-state index in [0.29, 0.717) is 17.2 Å². The van der Waals surface area contributed by atoms with Crippen molar-refractivity contribution >= 4 is 29.4 Å². The summed E-state index contributed by atoms with van der Waals surface area (Å²) in [6.07, 6.45) is -4.70. The number of anilines is 1. The van der Waals surface area contributed by atoms with Crippen LogP contribution >= 0.6 is 11.6 Å². The molecule has 2 amide bonds. The summed E-state index contributed by atoms with van der Waals surface area (Å²) >= 11 is 5.75. The van der Waals surface area contributed by atoms with Gasteiger partial charge >= 0.3 is 6.18 Å². The van der Waals surface area contributed by atoms with Crippen LogP contribution in [0.2, 0.25) is 5.02 Å². The minimum Gasteiger partial charge on any atom is -0.354 e. The lowest BCUT2D eigenvalue weighted by molar-refractivity contribution is -0.137. The van der Waals surface area contributed by atoms with Crippen LogP contribution in [0, 0.1) is 5.82 Å². The number of alkyl halides is 3. The van der Waals surface area contributed by atoms with Crippen LogP contribution in [0.4, 0.5) is 23.5 Å². The van der Waals surface area contributed by atoms with Gasteiger partial charge in [-0.3, -0.25) is 19.1 Å². The first-order chi connectivity index (χ1) is 21.2. The quantitative estimate of drug-likeness (QED) is 0.289. The van der Waals surface area contributed by atoms with Crippen molar-refractivity contribution in [1.82, 2.24) is 29.5 Å². The van der Waals surface area contributed by atoms with Crippen LogP contribution in [-0.2, 0) is 26.2 Å². The van der Waals surface area contributed by atoms with Gasteiger partial charge in [0, 0.05) is 37.3 Å². The van der Waals surface area contributed by atoms with E-state index >= 15 is 0 Å². The Morgan fingerprint density at radius 3 is 2.44 bits per heavy atom. The van der Waals surface area contributed by atoms with E-state index < -0.39 is 52.0 Å². The molecule has 2 N–H and O–H groups in total. The van der Waals surface area contributed by atoms with Crippen molar-refractivity contribution in [3.8, 4) is 5.82 Å². The molecule has 4 aromatic rings. The number of carbonyl (C=O) groups is 2. The number of fused-ring (bicyclic) bond motifs is 1. The van der Waals surface area contributed by atoms with E-state index in [1.807, 2.05) is 0 Å². The highest BCUT2D eigenvalue weighted by molar-refractivity contribution is 6.31. The van der Waals surface area contributed by atoms with Gasteiger partial charge in [0.05, 0.1) is 28.9 Å². The maximum atomic E-state index is 14.1. The highest BCUT2D eigenvalue weighted by Crippen LogP contribution is 2.36. The van der Waals surface area contributed by atoms with Crippen molar-refractivity contribution < 1.29 is 27.2 Å². The van der Waals surface area contributed by atoms with Crippen molar-refractivity contribution in [2.45, 2.75) is 45.1 Å².